The molecule has 3 nitrogen and oxygen atoms in total. The Labute approximate surface area is 119 Å². The van der Waals surface area contributed by atoms with Crippen molar-refractivity contribution in [2.75, 3.05) is 0 Å². The average Bonchev–Trinajstić information content (AvgIpc) is 2.75. The molecule has 3 aromatic rings. The molecule has 0 bridgehead atoms. The van der Waals surface area contributed by atoms with E-state index in [1.165, 1.54) is 11.1 Å². The van der Waals surface area contributed by atoms with Crippen molar-refractivity contribution in [2.45, 2.75) is 19.9 Å². The summed E-state index contributed by atoms with van der Waals surface area (Å²) < 4.78 is 2.16. The van der Waals surface area contributed by atoms with Crippen molar-refractivity contribution in [1.82, 2.24) is 9.55 Å². The van der Waals surface area contributed by atoms with Gasteiger partial charge in [0.25, 0.3) is 0 Å². The van der Waals surface area contributed by atoms with Gasteiger partial charge in [-0.15, -0.1) is 0 Å². The van der Waals surface area contributed by atoms with Crippen molar-refractivity contribution in [3.8, 4) is 0 Å². The second kappa shape index (κ2) is 5.10. The maximum absolute atomic E-state index is 5.69. The highest BCUT2D eigenvalue weighted by molar-refractivity contribution is 5.76. The van der Waals surface area contributed by atoms with E-state index in [0.29, 0.717) is 6.54 Å². The zero-order chi connectivity index (χ0) is 14.1. The summed E-state index contributed by atoms with van der Waals surface area (Å²) >= 11 is 0. The van der Waals surface area contributed by atoms with Gasteiger partial charge in [-0.2, -0.15) is 0 Å². The number of aryl methyl sites for hydroxylation is 2. The van der Waals surface area contributed by atoms with Crippen molar-refractivity contribution < 1.29 is 0 Å². The summed E-state index contributed by atoms with van der Waals surface area (Å²) in [5.41, 5.74) is 11.6. The van der Waals surface area contributed by atoms with Gasteiger partial charge in [0.1, 0.15) is 5.82 Å². The van der Waals surface area contributed by atoms with Crippen LogP contribution in [0.3, 0.4) is 0 Å². The largest absolute Gasteiger partial charge is 0.331 e. The monoisotopic (exact) mass is 265 g/mol. The summed E-state index contributed by atoms with van der Waals surface area (Å²) in [6.45, 7) is 2.67. The Morgan fingerprint density at radius 3 is 2.70 bits per heavy atom. The Bertz CT molecular complexity index is 756. The summed E-state index contributed by atoms with van der Waals surface area (Å²) in [4.78, 5) is 4.75. The van der Waals surface area contributed by atoms with Gasteiger partial charge in [0.2, 0.25) is 0 Å². The molecule has 0 fully saturated rings. The molecule has 3 rings (SSSR count). The first-order chi connectivity index (χ1) is 9.67. The molecule has 0 amide bonds. The number of rotatable bonds is 3. The zero-order valence-electron chi connectivity index (χ0n) is 11.9. The molecule has 0 aliphatic heterocycles. The summed E-state index contributed by atoms with van der Waals surface area (Å²) in [6, 6.07) is 14.8. The normalized spacial score (nSPS) is 11.2. The molecular weight excluding hydrogens is 246 g/mol. The molecule has 2 N–H and O–H groups in total. The minimum atomic E-state index is 0.555. The van der Waals surface area contributed by atoms with E-state index in [4.69, 9.17) is 10.7 Å². The van der Waals surface area contributed by atoms with Crippen LogP contribution >= 0.6 is 0 Å². The van der Waals surface area contributed by atoms with E-state index >= 15 is 0 Å². The van der Waals surface area contributed by atoms with Crippen molar-refractivity contribution >= 4 is 11.0 Å². The Morgan fingerprint density at radius 1 is 1.10 bits per heavy atom. The van der Waals surface area contributed by atoms with E-state index in [2.05, 4.69) is 61.0 Å². The zero-order valence-corrected chi connectivity index (χ0v) is 11.9. The predicted molar refractivity (Wildman–Crippen MR) is 82.6 cm³/mol. The van der Waals surface area contributed by atoms with Gasteiger partial charge in [0, 0.05) is 20.0 Å². The molecule has 2 aromatic carbocycles. The number of hydrogen-bond donors (Lipinski definition) is 1. The first-order valence-corrected chi connectivity index (χ1v) is 6.87. The standard InChI is InChI=1S/C17H19N3/c1-12-4-3-5-13(8-12)10-17-19-15-9-14(11-18)6-7-16(15)20(17)2/h3-9H,10-11,18H2,1-2H3. The van der Waals surface area contributed by atoms with Crippen LogP contribution < -0.4 is 5.73 Å². The summed E-state index contributed by atoms with van der Waals surface area (Å²) in [6.07, 6.45) is 0.852. The third-order valence-electron chi connectivity index (χ3n) is 3.72. The van der Waals surface area contributed by atoms with Crippen LogP contribution in [-0.2, 0) is 20.0 Å². The van der Waals surface area contributed by atoms with Gasteiger partial charge in [-0.05, 0) is 30.2 Å². The fourth-order valence-corrected chi connectivity index (χ4v) is 2.59. The van der Waals surface area contributed by atoms with Crippen LogP contribution in [0.4, 0.5) is 0 Å². The van der Waals surface area contributed by atoms with E-state index in [9.17, 15) is 0 Å². The highest BCUT2D eigenvalue weighted by Gasteiger charge is 2.08. The molecule has 0 spiro atoms. The van der Waals surface area contributed by atoms with E-state index in [1.54, 1.807) is 0 Å². The first kappa shape index (κ1) is 12.9. The lowest BCUT2D eigenvalue weighted by Crippen LogP contribution is -1.99. The SMILES string of the molecule is Cc1cccc(Cc2nc3cc(CN)ccc3n2C)c1. The molecule has 1 heterocycles. The van der Waals surface area contributed by atoms with E-state index < -0.39 is 0 Å². The van der Waals surface area contributed by atoms with Crippen molar-refractivity contribution in [2.24, 2.45) is 12.8 Å². The minimum absolute atomic E-state index is 0.555. The Kier molecular flexibility index (Phi) is 3.28. The second-order valence-corrected chi connectivity index (χ2v) is 5.28. The molecule has 0 radical (unpaired) electrons. The number of hydrogen-bond acceptors (Lipinski definition) is 2. The van der Waals surface area contributed by atoms with Crippen LogP contribution in [0.2, 0.25) is 0 Å². The van der Waals surface area contributed by atoms with Gasteiger partial charge in [0.05, 0.1) is 11.0 Å². The van der Waals surface area contributed by atoms with Gasteiger partial charge < -0.3 is 10.3 Å². The van der Waals surface area contributed by atoms with Crippen molar-refractivity contribution in [3.05, 3.63) is 65.0 Å². The van der Waals surface area contributed by atoms with Crippen LogP contribution in [0.25, 0.3) is 11.0 Å². The third-order valence-corrected chi connectivity index (χ3v) is 3.72. The quantitative estimate of drug-likeness (QED) is 0.791. The van der Waals surface area contributed by atoms with Gasteiger partial charge >= 0.3 is 0 Å². The fraction of sp³-hybridized carbons (Fsp3) is 0.235. The van der Waals surface area contributed by atoms with Gasteiger partial charge in [0.15, 0.2) is 0 Å². The van der Waals surface area contributed by atoms with E-state index in [0.717, 1.165) is 28.8 Å². The molecule has 102 valence electrons. The highest BCUT2D eigenvalue weighted by Crippen LogP contribution is 2.19. The van der Waals surface area contributed by atoms with E-state index in [1.807, 2.05) is 0 Å². The lowest BCUT2D eigenvalue weighted by molar-refractivity contribution is 0.844. The smallest absolute Gasteiger partial charge is 0.114 e. The number of benzene rings is 2. The second-order valence-electron chi connectivity index (χ2n) is 5.28. The number of fused-ring (bicyclic) bond motifs is 1. The van der Waals surface area contributed by atoms with Crippen LogP contribution in [0.1, 0.15) is 22.5 Å². The lowest BCUT2D eigenvalue weighted by Gasteiger charge is -2.03. The van der Waals surface area contributed by atoms with Crippen LogP contribution in [0.15, 0.2) is 42.5 Å². The molecule has 1 aromatic heterocycles. The molecule has 20 heavy (non-hydrogen) atoms. The molecular formula is C17H19N3. The molecule has 0 aliphatic rings. The Balaban J connectivity index is 2.01. The third kappa shape index (κ3) is 2.32. The fourth-order valence-electron chi connectivity index (χ4n) is 2.59. The number of imidazole rings is 1. The summed E-state index contributed by atoms with van der Waals surface area (Å²) in [5, 5.41) is 0. The van der Waals surface area contributed by atoms with Crippen molar-refractivity contribution in [1.29, 1.82) is 0 Å². The Hall–Kier alpha value is -2.13. The van der Waals surface area contributed by atoms with Gasteiger partial charge in [-0.25, -0.2) is 4.98 Å². The van der Waals surface area contributed by atoms with E-state index in [-0.39, 0.29) is 0 Å². The van der Waals surface area contributed by atoms with Gasteiger partial charge in [-0.1, -0.05) is 35.9 Å². The topological polar surface area (TPSA) is 43.8 Å². The molecule has 0 aliphatic carbocycles. The molecule has 3 heteroatoms. The minimum Gasteiger partial charge on any atom is -0.331 e. The molecule has 0 saturated heterocycles. The van der Waals surface area contributed by atoms with Gasteiger partial charge in [-0.3, -0.25) is 0 Å². The highest BCUT2D eigenvalue weighted by atomic mass is 15.1. The maximum atomic E-state index is 5.69. The first-order valence-electron chi connectivity index (χ1n) is 6.87. The summed E-state index contributed by atoms with van der Waals surface area (Å²) in [5.74, 6) is 1.08. The predicted octanol–water partition coefficient (Wildman–Crippen LogP) is 2.93. The molecule has 0 saturated carbocycles. The number of aromatic nitrogens is 2. The number of nitrogens with zero attached hydrogens (tertiary/aromatic N) is 2. The van der Waals surface area contributed by atoms with Crippen LogP contribution in [-0.4, -0.2) is 9.55 Å². The van der Waals surface area contributed by atoms with Crippen LogP contribution in [0.5, 0.6) is 0 Å². The lowest BCUT2D eigenvalue weighted by atomic mass is 10.1. The molecule has 0 atom stereocenters. The Morgan fingerprint density at radius 2 is 1.95 bits per heavy atom. The molecule has 0 unspecified atom stereocenters. The average molecular weight is 265 g/mol. The maximum Gasteiger partial charge on any atom is 0.114 e. The summed E-state index contributed by atoms with van der Waals surface area (Å²) in [7, 11) is 2.07. The van der Waals surface area contributed by atoms with Crippen molar-refractivity contribution in [3.63, 3.8) is 0 Å². The number of nitrogens with two attached hydrogens (primary N) is 1. The van der Waals surface area contributed by atoms with Crippen LogP contribution in [0, 0.1) is 6.92 Å².